The van der Waals surface area contributed by atoms with Gasteiger partial charge in [-0.15, -0.1) is 11.3 Å². The van der Waals surface area contributed by atoms with Gasteiger partial charge < -0.3 is 14.2 Å². The largest absolute Gasteiger partial charge is 0.497 e. The predicted octanol–water partition coefficient (Wildman–Crippen LogP) is 3.84. The van der Waals surface area contributed by atoms with Crippen LogP contribution in [0.1, 0.15) is 11.3 Å². The van der Waals surface area contributed by atoms with Crippen molar-refractivity contribution in [2.75, 3.05) is 19.5 Å². The van der Waals surface area contributed by atoms with E-state index in [1.54, 1.807) is 32.4 Å². The lowest BCUT2D eigenvalue weighted by molar-refractivity contribution is 0.154. The van der Waals surface area contributed by atoms with Crippen molar-refractivity contribution in [1.82, 2.24) is 4.98 Å². The van der Waals surface area contributed by atoms with Crippen LogP contribution in [0.2, 0.25) is 0 Å². The van der Waals surface area contributed by atoms with E-state index in [2.05, 4.69) is 32.9 Å². The lowest BCUT2D eigenvalue weighted by Gasteiger charge is -2.10. The highest BCUT2D eigenvalue weighted by molar-refractivity contribution is 14.1. The molecule has 1 aromatic heterocycles. The monoisotopic (exact) mass is 434 g/mol. The molecule has 0 saturated heterocycles. The predicted molar refractivity (Wildman–Crippen MR) is 93.2 cm³/mol. The van der Waals surface area contributed by atoms with Crippen molar-refractivity contribution in [3.8, 4) is 11.5 Å². The highest BCUT2D eigenvalue weighted by Crippen LogP contribution is 2.25. The molecule has 0 spiro atoms. The molecule has 118 valence electrons. The highest BCUT2D eigenvalue weighted by atomic mass is 127. The first-order valence-electron chi connectivity index (χ1n) is 6.31. The molecule has 0 radical (unpaired) electrons. The minimum Gasteiger partial charge on any atom is -0.497 e. The van der Waals surface area contributed by atoms with Gasteiger partial charge in [0.15, 0.2) is 5.13 Å². The third-order valence-corrected chi connectivity index (χ3v) is 4.34. The molecule has 0 bridgehead atoms. The topological polar surface area (TPSA) is 69.7 Å². The maximum absolute atomic E-state index is 11.8. The minimum absolute atomic E-state index is 0.101. The Hall–Kier alpha value is -1.55. The summed E-state index contributed by atoms with van der Waals surface area (Å²) in [6.07, 6.45) is -0.549. The smallest absolute Gasteiger partial charge is 0.413 e. The quantitative estimate of drug-likeness (QED) is 0.553. The molecule has 2 rings (SSSR count). The normalized spacial score (nSPS) is 10.1. The number of hydrogen-bond donors (Lipinski definition) is 1. The number of nitrogens with one attached hydrogen (secondary N) is 1. The van der Waals surface area contributed by atoms with Crippen molar-refractivity contribution < 1.29 is 19.0 Å². The summed E-state index contributed by atoms with van der Waals surface area (Å²) >= 11 is 3.58. The molecular formula is C14H15IN2O4S. The molecule has 6 nitrogen and oxygen atoms in total. The van der Waals surface area contributed by atoms with E-state index in [4.69, 9.17) is 14.2 Å². The molecule has 0 saturated carbocycles. The van der Waals surface area contributed by atoms with Crippen LogP contribution in [-0.4, -0.2) is 25.3 Å². The van der Waals surface area contributed by atoms with Gasteiger partial charge in [0, 0.05) is 21.4 Å². The Morgan fingerprint density at radius 3 is 2.82 bits per heavy atom. The molecule has 0 aliphatic rings. The molecule has 8 heteroatoms. The molecule has 1 amide bonds. The Bertz CT molecular complexity index is 648. The zero-order valence-electron chi connectivity index (χ0n) is 12.1. The average Bonchev–Trinajstić information content (AvgIpc) is 3.00. The molecule has 0 aliphatic heterocycles. The summed E-state index contributed by atoms with van der Waals surface area (Å²) in [4.78, 5) is 16.0. The Labute approximate surface area is 145 Å². The summed E-state index contributed by atoms with van der Waals surface area (Å²) in [5.74, 6) is 1.28. The van der Waals surface area contributed by atoms with Crippen LogP contribution in [0.3, 0.4) is 0 Å². The lowest BCUT2D eigenvalue weighted by atomic mass is 10.2. The summed E-state index contributed by atoms with van der Waals surface area (Å²) in [6, 6.07) is 5.32. The number of halogens is 1. The zero-order chi connectivity index (χ0) is 15.9. The fourth-order valence-electron chi connectivity index (χ4n) is 1.66. The van der Waals surface area contributed by atoms with E-state index in [1.165, 1.54) is 11.3 Å². The number of alkyl halides is 1. The van der Waals surface area contributed by atoms with Gasteiger partial charge in [0.25, 0.3) is 0 Å². The maximum Gasteiger partial charge on any atom is 0.413 e. The zero-order valence-corrected chi connectivity index (χ0v) is 15.1. The Kier molecular flexibility index (Phi) is 6.25. The third-order valence-electron chi connectivity index (χ3n) is 2.75. The van der Waals surface area contributed by atoms with E-state index in [0.29, 0.717) is 16.6 Å². The molecule has 0 unspecified atom stereocenters. The highest BCUT2D eigenvalue weighted by Gasteiger charge is 2.10. The van der Waals surface area contributed by atoms with Gasteiger partial charge in [0.1, 0.15) is 18.1 Å². The summed E-state index contributed by atoms with van der Waals surface area (Å²) in [5.41, 5.74) is 1.68. The van der Waals surface area contributed by atoms with Gasteiger partial charge in [0.05, 0.1) is 19.9 Å². The minimum atomic E-state index is -0.549. The third kappa shape index (κ3) is 4.47. The fourth-order valence-corrected chi connectivity index (χ4v) is 3.05. The van der Waals surface area contributed by atoms with Crippen LogP contribution in [0, 0.1) is 0 Å². The van der Waals surface area contributed by atoms with E-state index >= 15 is 0 Å². The van der Waals surface area contributed by atoms with Crippen LogP contribution < -0.4 is 14.8 Å². The Morgan fingerprint density at radius 1 is 1.36 bits per heavy atom. The lowest BCUT2D eigenvalue weighted by Crippen LogP contribution is -2.13. The standard InChI is InChI=1S/C14H15IN2O4S/c1-19-11-4-3-9(12(5-11)20-2)7-21-14(18)17-13-16-10(6-15)8-22-13/h3-5,8H,6-7H2,1-2H3,(H,16,17,18). The Morgan fingerprint density at radius 2 is 2.18 bits per heavy atom. The molecule has 1 N–H and O–H groups in total. The molecule has 22 heavy (non-hydrogen) atoms. The van der Waals surface area contributed by atoms with Gasteiger partial charge in [-0.05, 0) is 12.1 Å². The van der Waals surface area contributed by atoms with Gasteiger partial charge in [-0.1, -0.05) is 22.6 Å². The Balaban J connectivity index is 1.93. The number of aromatic nitrogens is 1. The van der Waals surface area contributed by atoms with E-state index < -0.39 is 6.09 Å². The first kappa shape index (κ1) is 16.8. The van der Waals surface area contributed by atoms with Crippen molar-refractivity contribution in [2.45, 2.75) is 11.0 Å². The number of thiazole rings is 1. The van der Waals surface area contributed by atoms with Crippen LogP contribution >= 0.6 is 33.9 Å². The van der Waals surface area contributed by atoms with Crippen LogP contribution in [0.25, 0.3) is 0 Å². The number of carbonyl (C=O) groups excluding carboxylic acids is 1. The molecular weight excluding hydrogens is 419 g/mol. The average molecular weight is 434 g/mol. The molecule has 0 atom stereocenters. The van der Waals surface area contributed by atoms with Gasteiger partial charge in [0.2, 0.25) is 0 Å². The van der Waals surface area contributed by atoms with E-state index in [-0.39, 0.29) is 6.61 Å². The van der Waals surface area contributed by atoms with Crippen LogP contribution in [-0.2, 0) is 15.8 Å². The van der Waals surface area contributed by atoms with Crippen molar-refractivity contribution in [3.05, 3.63) is 34.8 Å². The SMILES string of the molecule is COc1ccc(COC(=O)Nc2nc(CI)cs2)c(OC)c1. The number of amides is 1. The number of rotatable bonds is 6. The molecule has 1 aromatic carbocycles. The first-order valence-corrected chi connectivity index (χ1v) is 8.72. The molecule has 0 aliphatic carbocycles. The summed E-state index contributed by atoms with van der Waals surface area (Å²) in [6.45, 7) is 0.101. The molecule has 1 heterocycles. The summed E-state index contributed by atoms with van der Waals surface area (Å²) < 4.78 is 16.4. The number of ether oxygens (including phenoxy) is 3. The summed E-state index contributed by atoms with van der Waals surface area (Å²) in [7, 11) is 3.13. The van der Waals surface area contributed by atoms with Gasteiger partial charge >= 0.3 is 6.09 Å². The second-order valence-corrected chi connectivity index (χ2v) is 5.78. The van der Waals surface area contributed by atoms with E-state index in [1.807, 2.05) is 5.38 Å². The van der Waals surface area contributed by atoms with Crippen LogP contribution in [0.15, 0.2) is 23.6 Å². The van der Waals surface area contributed by atoms with E-state index in [9.17, 15) is 4.79 Å². The van der Waals surface area contributed by atoms with Crippen LogP contribution in [0.5, 0.6) is 11.5 Å². The maximum atomic E-state index is 11.8. The number of hydrogen-bond acceptors (Lipinski definition) is 6. The second kappa shape index (κ2) is 8.18. The fraction of sp³-hybridized carbons (Fsp3) is 0.286. The number of nitrogens with zero attached hydrogens (tertiary/aromatic N) is 1. The first-order chi connectivity index (χ1) is 10.7. The van der Waals surface area contributed by atoms with Crippen molar-refractivity contribution in [1.29, 1.82) is 0 Å². The number of anilines is 1. The van der Waals surface area contributed by atoms with Gasteiger partial charge in [-0.2, -0.15) is 0 Å². The second-order valence-electron chi connectivity index (χ2n) is 4.16. The number of benzene rings is 1. The van der Waals surface area contributed by atoms with Gasteiger partial charge in [-0.3, -0.25) is 5.32 Å². The van der Waals surface area contributed by atoms with Crippen molar-refractivity contribution >= 4 is 45.2 Å². The van der Waals surface area contributed by atoms with Gasteiger partial charge in [-0.25, -0.2) is 9.78 Å². The molecule has 0 fully saturated rings. The van der Waals surface area contributed by atoms with Crippen LogP contribution in [0.4, 0.5) is 9.93 Å². The number of carbonyl (C=O) groups is 1. The van der Waals surface area contributed by atoms with Crippen molar-refractivity contribution in [2.24, 2.45) is 0 Å². The number of methoxy groups -OCH3 is 2. The summed E-state index contributed by atoms with van der Waals surface area (Å²) in [5, 5.41) is 5.03. The van der Waals surface area contributed by atoms with Crippen molar-refractivity contribution in [3.63, 3.8) is 0 Å². The van der Waals surface area contributed by atoms with E-state index in [0.717, 1.165) is 15.7 Å². The molecule has 2 aromatic rings.